The summed E-state index contributed by atoms with van der Waals surface area (Å²) in [5, 5.41) is 3.79. The van der Waals surface area contributed by atoms with Crippen LogP contribution in [-0.4, -0.2) is 53.5 Å². The van der Waals surface area contributed by atoms with Crippen molar-refractivity contribution in [3.05, 3.63) is 63.6 Å². The quantitative estimate of drug-likeness (QED) is 0.545. The largest absolute Gasteiger partial charge is 0.489 e. The molecule has 2 aromatic rings. The first-order chi connectivity index (χ1) is 15.8. The number of benzene rings is 2. The first-order valence-electron chi connectivity index (χ1n) is 10.2. The summed E-state index contributed by atoms with van der Waals surface area (Å²) in [6, 6.07) is 10.9. The number of esters is 1. The molecule has 0 spiro atoms. The molecule has 0 radical (unpaired) electrons. The lowest BCUT2D eigenvalue weighted by Gasteiger charge is -2.24. The Morgan fingerprint density at radius 2 is 1.82 bits per heavy atom. The van der Waals surface area contributed by atoms with Crippen LogP contribution in [-0.2, 0) is 32.1 Å². The van der Waals surface area contributed by atoms with Crippen LogP contribution in [0.5, 0.6) is 5.75 Å². The fourth-order valence-corrected chi connectivity index (χ4v) is 5.08. The molecule has 0 bridgehead atoms. The molecule has 7 nitrogen and oxygen atoms in total. The molecule has 176 valence electrons. The Labute approximate surface area is 206 Å². The Kier molecular flexibility index (Phi) is 8.88. The second-order valence-corrected chi connectivity index (χ2v) is 9.24. The summed E-state index contributed by atoms with van der Waals surface area (Å²) in [7, 11) is 1.27. The zero-order valence-corrected chi connectivity index (χ0v) is 20.5. The second-order valence-electron chi connectivity index (χ2n) is 7.43. The van der Waals surface area contributed by atoms with Crippen LogP contribution in [0.4, 0.5) is 0 Å². The normalized spacial score (nSPS) is 16.2. The molecule has 2 amide bonds. The van der Waals surface area contributed by atoms with Gasteiger partial charge in [0.15, 0.2) is 0 Å². The predicted octanol–water partition coefficient (Wildman–Crippen LogP) is 3.69. The van der Waals surface area contributed by atoms with Gasteiger partial charge in [0.1, 0.15) is 24.4 Å². The summed E-state index contributed by atoms with van der Waals surface area (Å²) >= 11 is 13.8. The van der Waals surface area contributed by atoms with Gasteiger partial charge in [-0.1, -0.05) is 41.4 Å². The number of carbonyl (C=O) groups excluding carboxylic acids is 3. The number of halogens is 2. The lowest BCUT2D eigenvalue weighted by Crippen LogP contribution is -2.52. The minimum absolute atomic E-state index is 0.177. The molecule has 3 rings (SSSR count). The zero-order valence-electron chi connectivity index (χ0n) is 18.2. The van der Waals surface area contributed by atoms with E-state index in [-0.39, 0.29) is 24.8 Å². The molecular weight excluding hydrogens is 487 g/mol. The van der Waals surface area contributed by atoms with E-state index in [1.165, 1.54) is 30.7 Å². The van der Waals surface area contributed by atoms with Crippen LogP contribution in [0.2, 0.25) is 10.0 Å². The summed E-state index contributed by atoms with van der Waals surface area (Å²) in [5.41, 5.74) is 1.50. The van der Waals surface area contributed by atoms with Gasteiger partial charge in [0.25, 0.3) is 0 Å². The van der Waals surface area contributed by atoms with Crippen LogP contribution in [0.3, 0.4) is 0 Å². The number of rotatable bonds is 8. The van der Waals surface area contributed by atoms with Crippen LogP contribution >= 0.6 is 35.0 Å². The van der Waals surface area contributed by atoms with Gasteiger partial charge >= 0.3 is 5.97 Å². The maximum atomic E-state index is 12.7. The Hall–Kier alpha value is -2.42. The number of ether oxygens (including phenoxy) is 2. The topological polar surface area (TPSA) is 84.9 Å². The van der Waals surface area contributed by atoms with E-state index in [4.69, 9.17) is 32.7 Å². The molecule has 1 aliphatic heterocycles. The van der Waals surface area contributed by atoms with Crippen molar-refractivity contribution in [1.29, 1.82) is 0 Å². The third kappa shape index (κ3) is 6.56. The fourth-order valence-electron chi connectivity index (χ4n) is 3.36. The molecule has 1 heterocycles. The van der Waals surface area contributed by atoms with Crippen molar-refractivity contribution >= 4 is 52.7 Å². The summed E-state index contributed by atoms with van der Waals surface area (Å²) in [5.74, 6) is 0.439. The van der Waals surface area contributed by atoms with Gasteiger partial charge in [-0.05, 0) is 29.8 Å². The van der Waals surface area contributed by atoms with Crippen molar-refractivity contribution in [3.63, 3.8) is 0 Å². The lowest BCUT2D eigenvalue weighted by atomic mass is 10.1. The van der Waals surface area contributed by atoms with Crippen molar-refractivity contribution in [2.75, 3.05) is 18.7 Å². The SMILES string of the molecule is COC(=O)C(Cc1ccc(OCc2c(Cl)cccc2Cl)cc1)NC(=O)C1CSCN1C(C)=O. The minimum atomic E-state index is -0.879. The standard InChI is InChI=1S/C23H24Cl2N2O5S/c1-14(28)27-13-33-12-21(27)22(29)26-20(23(30)31-2)10-15-6-8-16(9-7-15)32-11-17-18(24)4-3-5-19(17)25/h3-9,20-21H,10-13H2,1-2H3,(H,26,29). The van der Waals surface area contributed by atoms with Gasteiger partial charge in [-0.3, -0.25) is 9.59 Å². The highest BCUT2D eigenvalue weighted by Crippen LogP contribution is 2.26. The molecule has 0 saturated carbocycles. The van der Waals surface area contributed by atoms with Crippen molar-refractivity contribution in [3.8, 4) is 5.75 Å². The number of amides is 2. The third-order valence-corrected chi connectivity index (χ3v) is 6.92. The maximum absolute atomic E-state index is 12.7. The van der Waals surface area contributed by atoms with Crippen LogP contribution < -0.4 is 10.1 Å². The molecule has 33 heavy (non-hydrogen) atoms. The molecule has 0 aliphatic carbocycles. The van der Waals surface area contributed by atoms with Gasteiger partial charge in [0, 0.05) is 34.7 Å². The van der Waals surface area contributed by atoms with E-state index < -0.39 is 18.1 Å². The molecule has 1 fully saturated rings. The monoisotopic (exact) mass is 510 g/mol. The minimum Gasteiger partial charge on any atom is -0.489 e. The second kappa shape index (κ2) is 11.6. The summed E-state index contributed by atoms with van der Waals surface area (Å²) in [6.07, 6.45) is 0.231. The van der Waals surface area contributed by atoms with Crippen molar-refractivity contribution in [1.82, 2.24) is 10.2 Å². The van der Waals surface area contributed by atoms with Crippen molar-refractivity contribution < 1.29 is 23.9 Å². The van der Waals surface area contributed by atoms with E-state index in [9.17, 15) is 14.4 Å². The van der Waals surface area contributed by atoms with Gasteiger partial charge in [0.05, 0.1) is 13.0 Å². The Balaban J connectivity index is 1.63. The Morgan fingerprint density at radius 1 is 1.15 bits per heavy atom. The lowest BCUT2D eigenvalue weighted by molar-refractivity contribution is -0.146. The fraction of sp³-hybridized carbons (Fsp3) is 0.348. The summed E-state index contributed by atoms with van der Waals surface area (Å²) in [6.45, 7) is 1.64. The molecule has 2 atom stereocenters. The summed E-state index contributed by atoms with van der Waals surface area (Å²) < 4.78 is 10.6. The number of hydrogen-bond acceptors (Lipinski definition) is 6. The first kappa shape index (κ1) is 25.2. The number of carbonyl (C=O) groups is 3. The number of nitrogens with zero attached hydrogens (tertiary/aromatic N) is 1. The molecule has 1 N–H and O–H groups in total. The molecule has 1 aliphatic rings. The van der Waals surface area contributed by atoms with E-state index in [0.717, 1.165) is 5.56 Å². The zero-order chi connectivity index (χ0) is 24.0. The molecule has 0 aromatic heterocycles. The first-order valence-corrected chi connectivity index (χ1v) is 12.1. The highest BCUT2D eigenvalue weighted by atomic mass is 35.5. The Bertz CT molecular complexity index is 998. The van der Waals surface area contributed by atoms with Crippen LogP contribution in [0.25, 0.3) is 0 Å². The van der Waals surface area contributed by atoms with E-state index in [1.54, 1.807) is 42.5 Å². The smallest absolute Gasteiger partial charge is 0.328 e. The van der Waals surface area contributed by atoms with Gasteiger partial charge in [-0.15, -0.1) is 11.8 Å². The van der Waals surface area contributed by atoms with E-state index in [0.29, 0.717) is 33.0 Å². The number of nitrogens with one attached hydrogen (secondary N) is 1. The van der Waals surface area contributed by atoms with Crippen LogP contribution in [0.1, 0.15) is 18.1 Å². The predicted molar refractivity (Wildman–Crippen MR) is 129 cm³/mol. The molecular formula is C23H24Cl2N2O5S. The molecule has 10 heteroatoms. The van der Waals surface area contributed by atoms with E-state index in [1.807, 2.05) is 0 Å². The van der Waals surface area contributed by atoms with Crippen LogP contribution in [0.15, 0.2) is 42.5 Å². The number of thioether (sulfide) groups is 1. The van der Waals surface area contributed by atoms with Gasteiger partial charge < -0.3 is 19.7 Å². The van der Waals surface area contributed by atoms with Gasteiger partial charge in [-0.2, -0.15) is 0 Å². The van der Waals surface area contributed by atoms with Gasteiger partial charge in [-0.25, -0.2) is 4.79 Å². The Morgan fingerprint density at radius 3 is 2.42 bits per heavy atom. The molecule has 2 unspecified atom stereocenters. The van der Waals surface area contributed by atoms with Crippen molar-refractivity contribution in [2.24, 2.45) is 0 Å². The van der Waals surface area contributed by atoms with Crippen molar-refractivity contribution in [2.45, 2.75) is 32.0 Å². The van der Waals surface area contributed by atoms with Gasteiger partial charge in [0.2, 0.25) is 11.8 Å². The third-order valence-electron chi connectivity index (χ3n) is 5.20. The highest BCUT2D eigenvalue weighted by Gasteiger charge is 2.35. The molecule has 1 saturated heterocycles. The van der Waals surface area contributed by atoms with E-state index >= 15 is 0 Å². The highest BCUT2D eigenvalue weighted by molar-refractivity contribution is 7.99. The number of hydrogen-bond donors (Lipinski definition) is 1. The van der Waals surface area contributed by atoms with E-state index in [2.05, 4.69) is 5.32 Å². The summed E-state index contributed by atoms with van der Waals surface area (Å²) in [4.78, 5) is 38.3. The maximum Gasteiger partial charge on any atom is 0.328 e. The average molecular weight is 511 g/mol. The number of methoxy groups -OCH3 is 1. The average Bonchev–Trinajstić information content (AvgIpc) is 3.29. The molecule has 2 aromatic carbocycles. The van der Waals surface area contributed by atoms with Crippen LogP contribution in [0, 0.1) is 0 Å².